The van der Waals surface area contributed by atoms with Gasteiger partial charge in [0.05, 0.1) is 6.67 Å². The summed E-state index contributed by atoms with van der Waals surface area (Å²) in [6, 6.07) is 0. The maximum atomic E-state index is 10.1. The van der Waals surface area contributed by atoms with Crippen LogP contribution < -0.4 is 5.32 Å². The number of amides is 1. The summed E-state index contributed by atoms with van der Waals surface area (Å²) in [5.41, 5.74) is 0. The molecule has 0 spiro atoms. The van der Waals surface area contributed by atoms with Crippen molar-refractivity contribution < 1.29 is 4.79 Å². The van der Waals surface area contributed by atoms with E-state index < -0.39 is 0 Å². The van der Waals surface area contributed by atoms with Gasteiger partial charge < -0.3 is 5.32 Å². The van der Waals surface area contributed by atoms with Gasteiger partial charge in [-0.3, -0.25) is 9.69 Å². The van der Waals surface area contributed by atoms with Gasteiger partial charge in [0.15, 0.2) is 0 Å². The number of carbonyl (C=O) groups excluding carboxylic acids is 1. The van der Waals surface area contributed by atoms with Crippen molar-refractivity contribution in [3.63, 3.8) is 0 Å². The second-order valence-corrected chi connectivity index (χ2v) is 1.84. The molecular weight excluding hydrogens is 104 g/mol. The minimum Gasteiger partial charge on any atom is -0.343 e. The first-order valence-electron chi connectivity index (χ1n) is 2.37. The molecule has 0 saturated heterocycles. The van der Waals surface area contributed by atoms with Crippen molar-refractivity contribution in [3.05, 3.63) is 6.92 Å². The van der Waals surface area contributed by atoms with Crippen LogP contribution in [-0.2, 0) is 4.79 Å². The maximum Gasteiger partial charge on any atom is 0.221 e. The molecular formula is C5H11N2O. The van der Waals surface area contributed by atoms with E-state index in [9.17, 15) is 4.79 Å². The van der Waals surface area contributed by atoms with Crippen molar-refractivity contribution in [2.45, 2.75) is 0 Å². The number of hydrogen-bond donors (Lipinski definition) is 1. The quantitative estimate of drug-likeness (QED) is 0.490. The molecule has 0 rings (SSSR count). The second-order valence-electron chi connectivity index (χ2n) is 1.84. The number of nitrogens with one attached hydrogen (secondary N) is 1. The van der Waals surface area contributed by atoms with E-state index in [1.54, 1.807) is 0 Å². The van der Waals surface area contributed by atoms with E-state index in [1.807, 2.05) is 19.0 Å². The predicted molar refractivity (Wildman–Crippen MR) is 32.1 cm³/mol. The minimum absolute atomic E-state index is 0.237. The summed E-state index contributed by atoms with van der Waals surface area (Å²) in [7, 11) is 3.74. The van der Waals surface area contributed by atoms with E-state index in [0.29, 0.717) is 6.67 Å². The molecule has 3 heteroatoms. The third kappa shape index (κ3) is 5.43. The fourth-order valence-corrected chi connectivity index (χ4v) is 0.246. The number of nitrogens with zero attached hydrogens (tertiary/aromatic N) is 1. The van der Waals surface area contributed by atoms with Crippen LogP contribution in [0.15, 0.2) is 0 Å². The molecule has 47 valence electrons. The van der Waals surface area contributed by atoms with Crippen LogP contribution in [0.5, 0.6) is 0 Å². The Kier molecular flexibility index (Phi) is 3.19. The largest absolute Gasteiger partial charge is 0.343 e. The van der Waals surface area contributed by atoms with E-state index in [4.69, 9.17) is 0 Å². The molecule has 0 atom stereocenters. The van der Waals surface area contributed by atoms with Crippen molar-refractivity contribution in [2.75, 3.05) is 20.8 Å². The average Bonchev–Trinajstić information content (AvgIpc) is 1.61. The van der Waals surface area contributed by atoms with Gasteiger partial charge in [0, 0.05) is 6.92 Å². The molecule has 0 aliphatic carbocycles. The molecule has 0 bridgehead atoms. The summed E-state index contributed by atoms with van der Waals surface area (Å²) in [5.74, 6) is -0.237. The van der Waals surface area contributed by atoms with Crippen LogP contribution in [0.25, 0.3) is 0 Å². The highest BCUT2D eigenvalue weighted by atomic mass is 16.1. The van der Waals surface area contributed by atoms with Gasteiger partial charge in [-0.25, -0.2) is 0 Å². The Morgan fingerprint density at radius 2 is 2.25 bits per heavy atom. The Labute approximate surface area is 49.7 Å². The molecule has 8 heavy (non-hydrogen) atoms. The van der Waals surface area contributed by atoms with Crippen LogP contribution in [-0.4, -0.2) is 31.6 Å². The van der Waals surface area contributed by atoms with E-state index in [-0.39, 0.29) is 5.91 Å². The molecule has 0 aromatic heterocycles. The minimum atomic E-state index is -0.237. The summed E-state index contributed by atoms with van der Waals surface area (Å²) in [4.78, 5) is 11.9. The summed E-state index contributed by atoms with van der Waals surface area (Å²) >= 11 is 0. The molecule has 0 heterocycles. The van der Waals surface area contributed by atoms with Gasteiger partial charge >= 0.3 is 0 Å². The predicted octanol–water partition coefficient (Wildman–Crippen LogP) is -0.544. The summed E-state index contributed by atoms with van der Waals surface area (Å²) < 4.78 is 0. The van der Waals surface area contributed by atoms with Gasteiger partial charge in [-0.15, -0.1) is 0 Å². The SMILES string of the molecule is [CH2]C(=O)NCN(C)C. The Hall–Kier alpha value is -0.570. The highest BCUT2D eigenvalue weighted by molar-refractivity contribution is 5.79. The molecule has 1 amide bonds. The van der Waals surface area contributed by atoms with Gasteiger partial charge in [0.2, 0.25) is 5.91 Å². The van der Waals surface area contributed by atoms with Crippen LogP contribution in [0.2, 0.25) is 0 Å². The standard InChI is InChI=1S/C5H11N2O/c1-5(8)6-4-7(2)3/h1,4H2,2-3H3,(H,6,8). The van der Waals surface area contributed by atoms with Gasteiger partial charge in [0.1, 0.15) is 0 Å². The number of hydrogen-bond acceptors (Lipinski definition) is 2. The summed E-state index contributed by atoms with van der Waals surface area (Å²) in [6.07, 6.45) is 0. The molecule has 0 aromatic rings. The lowest BCUT2D eigenvalue weighted by molar-refractivity contribution is -0.117. The fraction of sp³-hybridized carbons (Fsp3) is 0.600. The highest BCUT2D eigenvalue weighted by Gasteiger charge is 1.88. The van der Waals surface area contributed by atoms with Gasteiger partial charge in [-0.05, 0) is 14.1 Å². The van der Waals surface area contributed by atoms with Gasteiger partial charge in [-0.1, -0.05) is 0 Å². The molecule has 0 saturated carbocycles. The average molecular weight is 115 g/mol. The molecule has 1 radical (unpaired) electrons. The molecule has 0 aromatic carbocycles. The number of carbonyl (C=O) groups is 1. The van der Waals surface area contributed by atoms with Crippen LogP contribution in [0.3, 0.4) is 0 Å². The Morgan fingerprint density at radius 1 is 1.75 bits per heavy atom. The van der Waals surface area contributed by atoms with Gasteiger partial charge in [-0.2, -0.15) is 0 Å². The monoisotopic (exact) mass is 115 g/mol. The molecule has 0 aliphatic heterocycles. The van der Waals surface area contributed by atoms with Crippen molar-refractivity contribution in [1.29, 1.82) is 0 Å². The van der Waals surface area contributed by atoms with Crippen LogP contribution >= 0.6 is 0 Å². The summed E-state index contributed by atoms with van der Waals surface area (Å²) in [6.45, 7) is 3.69. The van der Waals surface area contributed by atoms with E-state index in [2.05, 4.69) is 12.2 Å². The highest BCUT2D eigenvalue weighted by Crippen LogP contribution is 1.65. The lowest BCUT2D eigenvalue weighted by atomic mass is 10.7. The smallest absolute Gasteiger partial charge is 0.221 e. The van der Waals surface area contributed by atoms with E-state index in [0.717, 1.165) is 0 Å². The molecule has 3 nitrogen and oxygen atoms in total. The van der Waals surface area contributed by atoms with Crippen molar-refractivity contribution in [2.24, 2.45) is 0 Å². The third-order valence-corrected chi connectivity index (χ3v) is 0.592. The molecule has 0 unspecified atom stereocenters. The lowest BCUT2D eigenvalue weighted by Gasteiger charge is -2.08. The molecule has 0 aliphatic rings. The molecule has 0 fully saturated rings. The van der Waals surface area contributed by atoms with Gasteiger partial charge in [0.25, 0.3) is 0 Å². The maximum absolute atomic E-state index is 10.1. The zero-order valence-corrected chi connectivity index (χ0v) is 5.27. The first-order valence-corrected chi connectivity index (χ1v) is 2.37. The topological polar surface area (TPSA) is 32.3 Å². The van der Waals surface area contributed by atoms with Crippen LogP contribution in [0.1, 0.15) is 0 Å². The zero-order valence-electron chi connectivity index (χ0n) is 5.27. The Bertz CT molecular complexity index is 80.5. The van der Waals surface area contributed by atoms with Crippen LogP contribution in [0, 0.1) is 6.92 Å². The van der Waals surface area contributed by atoms with E-state index in [1.165, 1.54) is 0 Å². The molecule has 1 N–H and O–H groups in total. The van der Waals surface area contributed by atoms with Crippen molar-refractivity contribution >= 4 is 5.91 Å². The van der Waals surface area contributed by atoms with Crippen LogP contribution in [0.4, 0.5) is 0 Å². The first-order chi connectivity index (χ1) is 3.63. The Morgan fingerprint density at radius 3 is 2.38 bits per heavy atom. The third-order valence-electron chi connectivity index (χ3n) is 0.592. The normalized spacial score (nSPS) is 9.50. The second kappa shape index (κ2) is 3.43. The fourth-order valence-electron chi connectivity index (χ4n) is 0.246. The zero-order chi connectivity index (χ0) is 6.57. The first kappa shape index (κ1) is 7.43. The Balaban J connectivity index is 3.05. The van der Waals surface area contributed by atoms with Crippen molar-refractivity contribution in [1.82, 2.24) is 10.2 Å². The lowest BCUT2D eigenvalue weighted by Crippen LogP contribution is -2.31. The summed E-state index contributed by atoms with van der Waals surface area (Å²) in [5, 5.41) is 2.52. The number of rotatable bonds is 2. The van der Waals surface area contributed by atoms with E-state index >= 15 is 0 Å². The van der Waals surface area contributed by atoms with Crippen molar-refractivity contribution in [3.8, 4) is 0 Å².